The average Bonchev–Trinajstić information content (AvgIpc) is 3.15. The lowest BCUT2D eigenvalue weighted by molar-refractivity contribution is 0.172. The highest BCUT2D eigenvalue weighted by Crippen LogP contribution is 2.37. The van der Waals surface area contributed by atoms with Crippen LogP contribution in [0.4, 0.5) is 5.69 Å². The van der Waals surface area contributed by atoms with Crippen LogP contribution >= 0.6 is 0 Å². The second-order valence-corrected chi connectivity index (χ2v) is 5.53. The Labute approximate surface area is 145 Å². The normalized spacial score (nSPS) is 12.7. The Morgan fingerprint density at radius 3 is 2.92 bits per heavy atom. The summed E-state index contributed by atoms with van der Waals surface area (Å²) in [6.45, 7) is 1.56. The zero-order valence-electron chi connectivity index (χ0n) is 13.8. The summed E-state index contributed by atoms with van der Waals surface area (Å²) >= 11 is 0. The Balaban J connectivity index is 1.49. The minimum Gasteiger partial charge on any atom is -0.497 e. The molecule has 1 aliphatic rings. The van der Waals surface area contributed by atoms with Crippen molar-refractivity contribution < 1.29 is 18.6 Å². The number of benzene rings is 2. The molecular formula is C19H18N2O4. The highest BCUT2D eigenvalue weighted by molar-refractivity contribution is 5.63. The van der Waals surface area contributed by atoms with E-state index in [0.717, 1.165) is 28.5 Å². The first-order valence-corrected chi connectivity index (χ1v) is 8.05. The molecule has 0 saturated heterocycles. The molecule has 1 N–H and O–H groups in total. The number of nitrogens with zero attached hydrogens (tertiary/aromatic N) is 1. The van der Waals surface area contributed by atoms with Crippen LogP contribution in [0.2, 0.25) is 0 Å². The summed E-state index contributed by atoms with van der Waals surface area (Å²) < 4.78 is 22.3. The first-order chi connectivity index (χ1) is 12.3. The maximum absolute atomic E-state index is 5.83. The predicted molar refractivity (Wildman–Crippen MR) is 93.2 cm³/mol. The van der Waals surface area contributed by atoms with Gasteiger partial charge >= 0.3 is 0 Å². The van der Waals surface area contributed by atoms with Crippen LogP contribution in [0.1, 0.15) is 5.89 Å². The fourth-order valence-corrected chi connectivity index (χ4v) is 2.69. The van der Waals surface area contributed by atoms with Crippen LogP contribution in [0.25, 0.3) is 11.3 Å². The second kappa shape index (κ2) is 6.76. The summed E-state index contributed by atoms with van der Waals surface area (Å²) in [5, 5.41) is 3.29. The predicted octanol–water partition coefficient (Wildman–Crippen LogP) is 3.73. The van der Waals surface area contributed by atoms with Crippen LogP contribution in [0, 0.1) is 0 Å². The summed E-state index contributed by atoms with van der Waals surface area (Å²) in [5.41, 5.74) is 1.78. The first-order valence-electron chi connectivity index (χ1n) is 8.05. The van der Waals surface area contributed by atoms with E-state index in [1.807, 2.05) is 42.5 Å². The van der Waals surface area contributed by atoms with Crippen molar-refractivity contribution in [3.05, 3.63) is 54.6 Å². The SMILES string of the molecule is COc1cccc(-c2cnc(CNc3cccc4c3OCCO4)o2)c1. The fourth-order valence-electron chi connectivity index (χ4n) is 2.69. The molecular weight excluding hydrogens is 320 g/mol. The monoisotopic (exact) mass is 338 g/mol. The van der Waals surface area contributed by atoms with E-state index < -0.39 is 0 Å². The summed E-state index contributed by atoms with van der Waals surface area (Å²) in [6, 6.07) is 13.4. The molecule has 6 nitrogen and oxygen atoms in total. The Bertz CT molecular complexity index is 875. The van der Waals surface area contributed by atoms with Crippen molar-refractivity contribution in [3.8, 4) is 28.6 Å². The highest BCUT2D eigenvalue weighted by atomic mass is 16.6. The Kier molecular flexibility index (Phi) is 4.16. The van der Waals surface area contributed by atoms with Crippen molar-refractivity contribution in [2.24, 2.45) is 0 Å². The summed E-state index contributed by atoms with van der Waals surface area (Å²) in [7, 11) is 1.64. The lowest BCUT2D eigenvalue weighted by Crippen LogP contribution is -2.16. The summed E-state index contributed by atoms with van der Waals surface area (Å²) in [5.74, 6) is 3.55. The molecule has 0 amide bonds. The number of ether oxygens (including phenoxy) is 3. The number of hydrogen-bond acceptors (Lipinski definition) is 6. The molecule has 0 fully saturated rings. The molecule has 0 bridgehead atoms. The van der Waals surface area contributed by atoms with Gasteiger partial charge in [0.2, 0.25) is 5.89 Å². The third-order valence-electron chi connectivity index (χ3n) is 3.90. The minimum absolute atomic E-state index is 0.448. The number of nitrogens with one attached hydrogen (secondary N) is 1. The molecule has 2 aromatic carbocycles. The lowest BCUT2D eigenvalue weighted by atomic mass is 10.2. The molecule has 25 heavy (non-hydrogen) atoms. The Morgan fingerprint density at radius 2 is 2.00 bits per heavy atom. The Hall–Kier alpha value is -3.15. The molecule has 0 radical (unpaired) electrons. The van der Waals surface area contributed by atoms with E-state index in [-0.39, 0.29) is 0 Å². The maximum atomic E-state index is 5.83. The number of hydrogen-bond donors (Lipinski definition) is 1. The van der Waals surface area contributed by atoms with E-state index in [4.69, 9.17) is 18.6 Å². The largest absolute Gasteiger partial charge is 0.497 e. The van der Waals surface area contributed by atoms with E-state index in [1.54, 1.807) is 13.3 Å². The Morgan fingerprint density at radius 1 is 1.12 bits per heavy atom. The number of para-hydroxylation sites is 1. The van der Waals surface area contributed by atoms with Crippen LogP contribution in [-0.4, -0.2) is 25.3 Å². The van der Waals surface area contributed by atoms with Crippen molar-refractivity contribution in [2.75, 3.05) is 25.6 Å². The molecule has 1 aliphatic heterocycles. The van der Waals surface area contributed by atoms with Gasteiger partial charge in [-0.2, -0.15) is 0 Å². The molecule has 4 rings (SSSR count). The van der Waals surface area contributed by atoms with Crippen LogP contribution in [-0.2, 0) is 6.54 Å². The standard InChI is InChI=1S/C19H18N2O4/c1-22-14-5-2-4-13(10-14)17-11-21-18(25-17)12-20-15-6-3-7-16-19(15)24-9-8-23-16/h2-7,10-11,20H,8-9,12H2,1H3. The van der Waals surface area contributed by atoms with Gasteiger partial charge in [0, 0.05) is 5.56 Å². The van der Waals surface area contributed by atoms with Crippen molar-refractivity contribution >= 4 is 5.69 Å². The smallest absolute Gasteiger partial charge is 0.214 e. The van der Waals surface area contributed by atoms with Crippen LogP contribution in [0.15, 0.2) is 53.1 Å². The van der Waals surface area contributed by atoms with E-state index >= 15 is 0 Å². The molecule has 1 aromatic heterocycles. The van der Waals surface area contributed by atoms with Gasteiger partial charge in [-0.3, -0.25) is 0 Å². The van der Waals surface area contributed by atoms with Gasteiger partial charge in [-0.1, -0.05) is 18.2 Å². The zero-order chi connectivity index (χ0) is 17.1. The quantitative estimate of drug-likeness (QED) is 0.764. The van der Waals surface area contributed by atoms with Crippen molar-refractivity contribution in [3.63, 3.8) is 0 Å². The van der Waals surface area contributed by atoms with E-state index in [9.17, 15) is 0 Å². The molecule has 3 aromatic rings. The number of methoxy groups -OCH3 is 1. The van der Waals surface area contributed by atoms with Gasteiger partial charge in [0.1, 0.15) is 19.0 Å². The third-order valence-corrected chi connectivity index (χ3v) is 3.90. The first kappa shape index (κ1) is 15.4. The number of anilines is 1. The van der Waals surface area contributed by atoms with Gasteiger partial charge in [0.15, 0.2) is 17.3 Å². The van der Waals surface area contributed by atoms with Crippen LogP contribution in [0.5, 0.6) is 17.2 Å². The molecule has 0 aliphatic carbocycles. The summed E-state index contributed by atoms with van der Waals surface area (Å²) in [6.07, 6.45) is 1.71. The van der Waals surface area contributed by atoms with Gasteiger partial charge in [-0.25, -0.2) is 4.98 Å². The molecule has 128 valence electrons. The number of fused-ring (bicyclic) bond motifs is 1. The van der Waals surface area contributed by atoms with Gasteiger partial charge in [0.25, 0.3) is 0 Å². The van der Waals surface area contributed by atoms with Gasteiger partial charge < -0.3 is 23.9 Å². The van der Waals surface area contributed by atoms with Gasteiger partial charge in [0.05, 0.1) is 25.5 Å². The maximum Gasteiger partial charge on any atom is 0.214 e. The molecule has 2 heterocycles. The molecule has 0 unspecified atom stereocenters. The molecule has 0 saturated carbocycles. The van der Waals surface area contributed by atoms with E-state index in [1.165, 1.54) is 0 Å². The minimum atomic E-state index is 0.448. The molecule has 6 heteroatoms. The average molecular weight is 338 g/mol. The van der Waals surface area contributed by atoms with Crippen LogP contribution < -0.4 is 19.5 Å². The number of oxazole rings is 1. The zero-order valence-corrected chi connectivity index (χ0v) is 13.8. The molecule has 0 spiro atoms. The molecule has 0 atom stereocenters. The van der Waals surface area contributed by atoms with Crippen molar-refractivity contribution in [1.82, 2.24) is 4.98 Å². The van der Waals surface area contributed by atoms with Crippen molar-refractivity contribution in [1.29, 1.82) is 0 Å². The lowest BCUT2D eigenvalue weighted by Gasteiger charge is -2.21. The number of rotatable bonds is 5. The number of aromatic nitrogens is 1. The third kappa shape index (κ3) is 3.24. The fraction of sp³-hybridized carbons (Fsp3) is 0.211. The highest BCUT2D eigenvalue weighted by Gasteiger charge is 2.16. The van der Waals surface area contributed by atoms with Gasteiger partial charge in [-0.05, 0) is 24.3 Å². The second-order valence-electron chi connectivity index (χ2n) is 5.53. The van der Waals surface area contributed by atoms with Gasteiger partial charge in [-0.15, -0.1) is 0 Å². The van der Waals surface area contributed by atoms with Crippen LogP contribution in [0.3, 0.4) is 0 Å². The topological polar surface area (TPSA) is 65.8 Å². The van der Waals surface area contributed by atoms with Crippen molar-refractivity contribution in [2.45, 2.75) is 6.54 Å². The van der Waals surface area contributed by atoms with E-state index in [0.29, 0.717) is 31.4 Å². The van der Waals surface area contributed by atoms with E-state index in [2.05, 4.69) is 10.3 Å². The summed E-state index contributed by atoms with van der Waals surface area (Å²) in [4.78, 5) is 4.33.